The van der Waals surface area contributed by atoms with E-state index in [-0.39, 0.29) is 12.4 Å². The molecule has 0 spiro atoms. The van der Waals surface area contributed by atoms with Crippen LogP contribution in [0.15, 0.2) is 18.3 Å². The molecule has 0 saturated heterocycles. The van der Waals surface area contributed by atoms with Crippen LogP contribution in [0.1, 0.15) is 11.3 Å². The van der Waals surface area contributed by atoms with Crippen LogP contribution in [0.4, 0.5) is 0 Å². The highest BCUT2D eigenvalue weighted by molar-refractivity contribution is 5.85. The minimum Gasteiger partial charge on any atom is -0.262 e. The minimum absolute atomic E-state index is 0. The van der Waals surface area contributed by atoms with Crippen molar-refractivity contribution < 1.29 is 0 Å². The first kappa shape index (κ1) is 8.44. The Bertz CT molecular complexity index is 169. The molecule has 0 aliphatic heterocycles. The Hall–Kier alpha value is -0.560. The van der Waals surface area contributed by atoms with Gasteiger partial charge in [-0.1, -0.05) is 0 Å². The van der Waals surface area contributed by atoms with Crippen LogP contribution in [0, 0.1) is 13.8 Å². The Morgan fingerprint density at radius 1 is 1.33 bits per heavy atom. The molecule has 0 bridgehead atoms. The van der Waals surface area contributed by atoms with E-state index in [4.69, 9.17) is 0 Å². The van der Waals surface area contributed by atoms with E-state index in [1.54, 1.807) is 0 Å². The predicted octanol–water partition coefficient (Wildman–Crippen LogP) is 2.12. The van der Waals surface area contributed by atoms with Crippen molar-refractivity contribution in [3.63, 3.8) is 0 Å². The molecule has 1 aromatic rings. The summed E-state index contributed by atoms with van der Waals surface area (Å²) < 4.78 is 0. The standard InChI is InChI=1S/C7H9N.ClH/c1-6-3-4-8-7(2)5-6;/h3-5H,1-2H3;1H. The number of aryl methyl sites for hydroxylation is 2. The maximum atomic E-state index is 4.04. The molecule has 0 aromatic carbocycles. The Labute approximate surface area is 61.5 Å². The molecule has 1 rings (SSSR count). The average Bonchev–Trinajstić information content (AvgIpc) is 1.64. The van der Waals surface area contributed by atoms with Crippen LogP contribution in [-0.2, 0) is 0 Å². The summed E-state index contributed by atoms with van der Waals surface area (Å²) in [6.07, 6.45) is 1.82. The lowest BCUT2D eigenvalue weighted by atomic mass is 10.3. The smallest absolute Gasteiger partial charge is 0.0375 e. The molecule has 1 nitrogen and oxygen atoms in total. The SMILES string of the molecule is Cc1ccnc(C)c1.Cl. The van der Waals surface area contributed by atoms with Crippen LogP contribution < -0.4 is 0 Å². The lowest BCUT2D eigenvalue weighted by Gasteiger charge is -1.90. The zero-order valence-electron chi connectivity index (χ0n) is 5.59. The average molecular weight is 144 g/mol. The molecule has 9 heavy (non-hydrogen) atoms. The number of nitrogens with zero attached hydrogens (tertiary/aromatic N) is 1. The monoisotopic (exact) mass is 143 g/mol. The van der Waals surface area contributed by atoms with Gasteiger partial charge in [-0.05, 0) is 31.5 Å². The molecule has 0 fully saturated rings. The van der Waals surface area contributed by atoms with Crippen LogP contribution in [-0.4, -0.2) is 4.98 Å². The van der Waals surface area contributed by atoms with Gasteiger partial charge in [0.05, 0.1) is 0 Å². The van der Waals surface area contributed by atoms with Crippen LogP contribution >= 0.6 is 12.4 Å². The van der Waals surface area contributed by atoms with Gasteiger partial charge in [0.1, 0.15) is 0 Å². The number of hydrogen-bond donors (Lipinski definition) is 0. The fraction of sp³-hybridized carbons (Fsp3) is 0.286. The molecule has 0 radical (unpaired) electrons. The van der Waals surface area contributed by atoms with Gasteiger partial charge in [0.25, 0.3) is 0 Å². The number of pyridine rings is 1. The van der Waals surface area contributed by atoms with Gasteiger partial charge in [-0.25, -0.2) is 0 Å². The normalized spacial score (nSPS) is 8.22. The second-order valence-corrected chi connectivity index (χ2v) is 1.97. The van der Waals surface area contributed by atoms with Crippen molar-refractivity contribution in [2.75, 3.05) is 0 Å². The molecule has 1 aromatic heterocycles. The molecular formula is C7H10ClN. The van der Waals surface area contributed by atoms with Crippen LogP contribution in [0.25, 0.3) is 0 Å². The van der Waals surface area contributed by atoms with E-state index in [0.717, 1.165) is 5.69 Å². The van der Waals surface area contributed by atoms with Crippen LogP contribution in [0.5, 0.6) is 0 Å². The van der Waals surface area contributed by atoms with Gasteiger partial charge in [-0.15, -0.1) is 12.4 Å². The van der Waals surface area contributed by atoms with E-state index in [0.29, 0.717) is 0 Å². The molecule has 0 atom stereocenters. The number of hydrogen-bond acceptors (Lipinski definition) is 1. The summed E-state index contributed by atoms with van der Waals surface area (Å²) in [7, 11) is 0. The van der Waals surface area contributed by atoms with Gasteiger partial charge in [-0.3, -0.25) is 4.98 Å². The third kappa shape index (κ3) is 2.47. The highest BCUT2D eigenvalue weighted by Gasteiger charge is 1.82. The van der Waals surface area contributed by atoms with Crippen molar-refractivity contribution in [1.82, 2.24) is 4.98 Å². The van der Waals surface area contributed by atoms with Gasteiger partial charge in [-0.2, -0.15) is 0 Å². The number of aromatic nitrogens is 1. The van der Waals surface area contributed by atoms with Gasteiger partial charge in [0.2, 0.25) is 0 Å². The molecule has 0 N–H and O–H groups in total. The largest absolute Gasteiger partial charge is 0.262 e. The van der Waals surface area contributed by atoms with Crippen molar-refractivity contribution in [2.24, 2.45) is 0 Å². The maximum Gasteiger partial charge on any atom is 0.0375 e. The van der Waals surface area contributed by atoms with E-state index in [2.05, 4.69) is 18.0 Å². The summed E-state index contributed by atoms with van der Waals surface area (Å²) in [4.78, 5) is 4.04. The van der Waals surface area contributed by atoms with Gasteiger partial charge in [0, 0.05) is 11.9 Å². The molecule has 2 heteroatoms. The Morgan fingerprint density at radius 3 is 2.33 bits per heavy atom. The summed E-state index contributed by atoms with van der Waals surface area (Å²) in [6.45, 7) is 4.06. The molecule has 0 aliphatic carbocycles. The fourth-order valence-electron chi connectivity index (χ4n) is 0.687. The lowest BCUT2D eigenvalue weighted by molar-refractivity contribution is 1.18. The summed E-state index contributed by atoms with van der Waals surface area (Å²) in [5.74, 6) is 0. The van der Waals surface area contributed by atoms with E-state index in [1.165, 1.54) is 5.56 Å². The quantitative estimate of drug-likeness (QED) is 0.542. The summed E-state index contributed by atoms with van der Waals surface area (Å²) in [5.41, 5.74) is 2.36. The van der Waals surface area contributed by atoms with Crippen LogP contribution in [0.2, 0.25) is 0 Å². The van der Waals surface area contributed by atoms with E-state index in [1.807, 2.05) is 19.2 Å². The third-order valence-electron chi connectivity index (χ3n) is 1.05. The lowest BCUT2D eigenvalue weighted by Crippen LogP contribution is -1.78. The minimum atomic E-state index is 0. The zero-order chi connectivity index (χ0) is 5.98. The second kappa shape index (κ2) is 3.46. The predicted molar refractivity (Wildman–Crippen MR) is 41.0 cm³/mol. The van der Waals surface area contributed by atoms with Gasteiger partial charge >= 0.3 is 0 Å². The second-order valence-electron chi connectivity index (χ2n) is 1.97. The Kier molecular flexibility index (Phi) is 3.25. The van der Waals surface area contributed by atoms with Crippen LogP contribution in [0.3, 0.4) is 0 Å². The van der Waals surface area contributed by atoms with Gasteiger partial charge in [0.15, 0.2) is 0 Å². The molecule has 0 amide bonds. The third-order valence-corrected chi connectivity index (χ3v) is 1.05. The summed E-state index contributed by atoms with van der Waals surface area (Å²) >= 11 is 0. The fourth-order valence-corrected chi connectivity index (χ4v) is 0.687. The van der Waals surface area contributed by atoms with E-state index in [9.17, 15) is 0 Å². The molecule has 1 heterocycles. The van der Waals surface area contributed by atoms with Crippen molar-refractivity contribution >= 4 is 12.4 Å². The highest BCUT2D eigenvalue weighted by Crippen LogP contribution is 1.95. The van der Waals surface area contributed by atoms with E-state index >= 15 is 0 Å². The molecule has 0 aliphatic rings. The Morgan fingerprint density at radius 2 is 2.00 bits per heavy atom. The molecule has 0 unspecified atom stereocenters. The number of rotatable bonds is 0. The van der Waals surface area contributed by atoms with Crippen molar-refractivity contribution in [3.05, 3.63) is 29.6 Å². The first-order valence-corrected chi connectivity index (χ1v) is 2.68. The first-order valence-electron chi connectivity index (χ1n) is 2.68. The highest BCUT2D eigenvalue weighted by atomic mass is 35.5. The van der Waals surface area contributed by atoms with Crippen molar-refractivity contribution in [2.45, 2.75) is 13.8 Å². The van der Waals surface area contributed by atoms with E-state index < -0.39 is 0 Å². The first-order chi connectivity index (χ1) is 3.79. The Balaban J connectivity index is 0.000000640. The molecular weight excluding hydrogens is 134 g/mol. The summed E-state index contributed by atoms with van der Waals surface area (Å²) in [5, 5.41) is 0. The van der Waals surface area contributed by atoms with Crippen molar-refractivity contribution in [3.8, 4) is 0 Å². The number of halogens is 1. The summed E-state index contributed by atoms with van der Waals surface area (Å²) in [6, 6.07) is 4.05. The molecule has 50 valence electrons. The van der Waals surface area contributed by atoms with Gasteiger partial charge < -0.3 is 0 Å². The van der Waals surface area contributed by atoms with Crippen molar-refractivity contribution in [1.29, 1.82) is 0 Å². The topological polar surface area (TPSA) is 12.9 Å². The zero-order valence-corrected chi connectivity index (χ0v) is 6.40. The molecule has 0 saturated carbocycles. The maximum absolute atomic E-state index is 4.04.